The Morgan fingerprint density at radius 1 is 1.25 bits per heavy atom. The molecular formula is C22H23ClN4O4S. The van der Waals surface area contributed by atoms with Gasteiger partial charge in [-0.05, 0) is 50.5 Å². The van der Waals surface area contributed by atoms with E-state index in [1.165, 1.54) is 7.11 Å². The zero-order valence-electron chi connectivity index (χ0n) is 17.8. The first kappa shape index (κ1) is 21.2. The van der Waals surface area contributed by atoms with Crippen molar-refractivity contribution < 1.29 is 17.9 Å². The van der Waals surface area contributed by atoms with Crippen LogP contribution < -0.4 is 10.1 Å². The molecule has 10 heteroatoms. The molecule has 8 nitrogen and oxygen atoms in total. The number of pyridine rings is 1. The molecule has 1 N–H and O–H groups in total. The van der Waals surface area contributed by atoms with E-state index in [1.807, 2.05) is 13.0 Å². The highest BCUT2D eigenvalue weighted by atomic mass is 35.5. The van der Waals surface area contributed by atoms with Gasteiger partial charge in [-0.3, -0.25) is 4.79 Å². The molecule has 168 valence electrons. The van der Waals surface area contributed by atoms with E-state index in [0.29, 0.717) is 51.1 Å². The number of hydrogen-bond acceptors (Lipinski definition) is 6. The lowest BCUT2D eigenvalue weighted by molar-refractivity contribution is 0.102. The van der Waals surface area contributed by atoms with Crippen molar-refractivity contribution >= 4 is 44.1 Å². The minimum absolute atomic E-state index is 0.0415. The van der Waals surface area contributed by atoms with E-state index < -0.39 is 9.84 Å². The summed E-state index contributed by atoms with van der Waals surface area (Å²) >= 11 is 6.12. The fourth-order valence-corrected chi connectivity index (χ4v) is 6.15. The molecule has 1 saturated heterocycles. The normalized spacial score (nSPS) is 19.9. The lowest BCUT2D eigenvalue weighted by Crippen LogP contribution is -2.16. The van der Waals surface area contributed by atoms with Gasteiger partial charge in [0.2, 0.25) is 0 Å². The maximum Gasteiger partial charge on any atom is 0.256 e. The summed E-state index contributed by atoms with van der Waals surface area (Å²) in [4.78, 5) is 18.2. The number of anilines is 1. The second kappa shape index (κ2) is 7.74. The van der Waals surface area contributed by atoms with Crippen LogP contribution in [0, 0.1) is 6.92 Å². The number of sulfone groups is 1. The van der Waals surface area contributed by atoms with Gasteiger partial charge in [0.15, 0.2) is 15.5 Å². The monoisotopic (exact) mass is 474 g/mol. The SMILES string of the molecule is COc1ccc(Cl)cc1NC(=O)c1cc(C2CC2)nc2c1c(C)nn2[C@@H]1CCS(=O)(=O)C1. The summed E-state index contributed by atoms with van der Waals surface area (Å²) in [5, 5.41) is 8.64. The van der Waals surface area contributed by atoms with Crippen molar-refractivity contribution in [3.63, 3.8) is 0 Å². The summed E-state index contributed by atoms with van der Waals surface area (Å²) in [6, 6.07) is 6.58. The van der Waals surface area contributed by atoms with E-state index in [1.54, 1.807) is 22.9 Å². The van der Waals surface area contributed by atoms with Crippen LogP contribution in [0.3, 0.4) is 0 Å². The number of benzene rings is 1. The molecule has 1 atom stereocenters. The van der Waals surface area contributed by atoms with E-state index in [4.69, 9.17) is 21.3 Å². The number of nitrogens with zero attached hydrogens (tertiary/aromatic N) is 3. The number of methoxy groups -OCH3 is 1. The molecule has 0 spiro atoms. The third-order valence-corrected chi connectivity index (χ3v) is 8.05. The number of carbonyl (C=O) groups excluding carboxylic acids is 1. The largest absolute Gasteiger partial charge is 0.495 e. The number of carbonyl (C=O) groups is 1. The number of halogens is 1. The Morgan fingerprint density at radius 3 is 2.69 bits per heavy atom. The number of aryl methyl sites for hydroxylation is 1. The first-order valence-corrected chi connectivity index (χ1v) is 12.7. The minimum atomic E-state index is -3.09. The second-order valence-electron chi connectivity index (χ2n) is 8.45. The van der Waals surface area contributed by atoms with Crippen LogP contribution in [0.5, 0.6) is 5.75 Å². The average Bonchev–Trinajstić information content (AvgIpc) is 3.46. The van der Waals surface area contributed by atoms with Gasteiger partial charge in [0.1, 0.15) is 5.75 Å². The molecule has 0 bridgehead atoms. The summed E-state index contributed by atoms with van der Waals surface area (Å²) in [5.74, 6) is 0.672. The highest BCUT2D eigenvalue weighted by molar-refractivity contribution is 7.91. The molecule has 5 rings (SSSR count). The standard InChI is InChI=1S/C22H23ClN4O4S/c1-12-20-16(22(28)25-18-9-14(23)5-6-19(18)31-2)10-17(13-3-4-13)24-21(20)27(26-12)15-7-8-32(29,30)11-15/h5-6,9-10,13,15H,3-4,7-8,11H2,1-2H3,(H,25,28)/t15-/m1/s1. The summed E-state index contributed by atoms with van der Waals surface area (Å²) in [7, 11) is -1.56. The molecule has 1 amide bonds. The van der Waals surface area contributed by atoms with Crippen LogP contribution in [-0.4, -0.2) is 47.7 Å². The fraction of sp³-hybridized carbons (Fsp3) is 0.409. The van der Waals surface area contributed by atoms with E-state index in [0.717, 1.165) is 18.5 Å². The van der Waals surface area contributed by atoms with Gasteiger partial charge in [0, 0.05) is 16.6 Å². The smallest absolute Gasteiger partial charge is 0.256 e. The molecule has 3 heterocycles. The van der Waals surface area contributed by atoms with Crippen LogP contribution in [0.15, 0.2) is 24.3 Å². The molecule has 1 saturated carbocycles. The molecule has 2 aromatic heterocycles. The first-order chi connectivity index (χ1) is 15.3. The molecule has 0 radical (unpaired) electrons. The number of rotatable bonds is 5. The average molecular weight is 475 g/mol. The topological polar surface area (TPSA) is 103 Å². The van der Waals surface area contributed by atoms with Crippen LogP contribution in [0.1, 0.15) is 53.0 Å². The zero-order chi connectivity index (χ0) is 22.6. The molecule has 3 aromatic rings. The Morgan fingerprint density at radius 2 is 2.03 bits per heavy atom. The Kier molecular flexibility index (Phi) is 5.13. The Labute approximate surface area is 190 Å². The molecule has 1 aliphatic heterocycles. The number of amides is 1. The van der Waals surface area contributed by atoms with Crippen molar-refractivity contribution in [2.45, 2.75) is 38.1 Å². The number of ether oxygens (including phenoxy) is 1. The van der Waals surface area contributed by atoms with Gasteiger partial charge >= 0.3 is 0 Å². The maximum absolute atomic E-state index is 13.4. The summed E-state index contributed by atoms with van der Waals surface area (Å²) in [6.07, 6.45) is 2.54. The van der Waals surface area contributed by atoms with Crippen LogP contribution in [-0.2, 0) is 9.84 Å². The van der Waals surface area contributed by atoms with Gasteiger partial charge < -0.3 is 10.1 Å². The Balaban J connectivity index is 1.61. The van der Waals surface area contributed by atoms with Crippen molar-refractivity contribution in [1.29, 1.82) is 0 Å². The van der Waals surface area contributed by atoms with Crippen molar-refractivity contribution in [3.05, 3.63) is 46.2 Å². The summed E-state index contributed by atoms with van der Waals surface area (Å²) < 4.78 is 31.2. The lowest BCUT2D eigenvalue weighted by Gasteiger charge is -2.13. The zero-order valence-corrected chi connectivity index (χ0v) is 19.3. The predicted octanol–water partition coefficient (Wildman–Crippen LogP) is 3.89. The number of hydrogen-bond donors (Lipinski definition) is 1. The van der Waals surface area contributed by atoms with Crippen LogP contribution >= 0.6 is 11.6 Å². The molecule has 2 fully saturated rings. The second-order valence-corrected chi connectivity index (χ2v) is 11.1. The van der Waals surface area contributed by atoms with Gasteiger partial charge in [-0.15, -0.1) is 0 Å². The number of nitrogens with one attached hydrogen (secondary N) is 1. The highest BCUT2D eigenvalue weighted by Crippen LogP contribution is 2.41. The molecule has 1 aliphatic carbocycles. The Bertz CT molecular complexity index is 1350. The van der Waals surface area contributed by atoms with Gasteiger partial charge in [-0.25, -0.2) is 18.1 Å². The molecule has 2 aliphatic rings. The first-order valence-electron chi connectivity index (χ1n) is 10.5. The van der Waals surface area contributed by atoms with Gasteiger partial charge in [-0.1, -0.05) is 11.6 Å². The molecule has 0 unspecified atom stereocenters. The fourth-order valence-electron chi connectivity index (χ4n) is 4.29. The lowest BCUT2D eigenvalue weighted by atomic mass is 10.1. The van der Waals surface area contributed by atoms with E-state index >= 15 is 0 Å². The third-order valence-electron chi connectivity index (χ3n) is 6.06. The molecule has 1 aromatic carbocycles. The van der Waals surface area contributed by atoms with E-state index in [2.05, 4.69) is 10.4 Å². The van der Waals surface area contributed by atoms with Crippen molar-refractivity contribution in [1.82, 2.24) is 14.8 Å². The molecular weight excluding hydrogens is 452 g/mol. The van der Waals surface area contributed by atoms with Crippen LogP contribution in [0.2, 0.25) is 5.02 Å². The van der Waals surface area contributed by atoms with Gasteiger partial charge in [0.05, 0.1) is 47.0 Å². The highest BCUT2D eigenvalue weighted by Gasteiger charge is 2.34. The summed E-state index contributed by atoms with van der Waals surface area (Å²) in [5.41, 5.74) is 2.97. The third kappa shape index (κ3) is 3.84. The maximum atomic E-state index is 13.4. The van der Waals surface area contributed by atoms with Crippen molar-refractivity contribution in [3.8, 4) is 5.75 Å². The van der Waals surface area contributed by atoms with Crippen LogP contribution in [0.4, 0.5) is 5.69 Å². The quantitative estimate of drug-likeness (QED) is 0.601. The predicted molar refractivity (Wildman–Crippen MR) is 123 cm³/mol. The van der Waals surface area contributed by atoms with Gasteiger partial charge in [0.25, 0.3) is 5.91 Å². The Hall–Kier alpha value is -2.65. The number of aromatic nitrogens is 3. The molecule has 32 heavy (non-hydrogen) atoms. The van der Waals surface area contributed by atoms with Crippen LogP contribution in [0.25, 0.3) is 11.0 Å². The van der Waals surface area contributed by atoms with E-state index in [-0.39, 0.29) is 23.5 Å². The van der Waals surface area contributed by atoms with Gasteiger partial charge in [-0.2, -0.15) is 5.10 Å². The van der Waals surface area contributed by atoms with Crippen molar-refractivity contribution in [2.24, 2.45) is 0 Å². The summed E-state index contributed by atoms with van der Waals surface area (Å²) in [6.45, 7) is 1.82. The minimum Gasteiger partial charge on any atom is -0.495 e. The van der Waals surface area contributed by atoms with Crippen molar-refractivity contribution in [2.75, 3.05) is 23.9 Å². The number of fused-ring (bicyclic) bond motifs is 1. The van der Waals surface area contributed by atoms with E-state index in [9.17, 15) is 13.2 Å².